The first-order chi connectivity index (χ1) is 13.1. The van der Waals surface area contributed by atoms with Gasteiger partial charge in [0.15, 0.2) is 0 Å². The molecule has 0 saturated carbocycles. The van der Waals surface area contributed by atoms with Gasteiger partial charge in [0, 0.05) is 42.1 Å². The van der Waals surface area contributed by atoms with Crippen molar-refractivity contribution in [2.75, 3.05) is 43.9 Å². The molecule has 1 aliphatic heterocycles. The average Bonchev–Trinajstić information content (AvgIpc) is 3.14. The predicted molar refractivity (Wildman–Crippen MR) is 115 cm³/mol. The summed E-state index contributed by atoms with van der Waals surface area (Å²) < 4.78 is 0. The van der Waals surface area contributed by atoms with Gasteiger partial charge in [-0.15, -0.1) is 11.3 Å². The van der Waals surface area contributed by atoms with Crippen LogP contribution in [0.25, 0.3) is 10.9 Å². The van der Waals surface area contributed by atoms with E-state index in [1.807, 2.05) is 12.3 Å². The molecule has 0 aromatic carbocycles. The van der Waals surface area contributed by atoms with Gasteiger partial charge in [-0.05, 0) is 37.9 Å². The van der Waals surface area contributed by atoms with E-state index in [1.54, 1.807) is 11.3 Å². The number of piperazine rings is 1. The lowest BCUT2D eigenvalue weighted by molar-refractivity contribution is 0.311. The number of nitrogens with two attached hydrogens (primary N) is 1. The number of likely N-dealkylation sites (N-methyl/N-ethyl adjacent to an activating group) is 1. The molecule has 3 aromatic heterocycles. The molecule has 1 aliphatic rings. The summed E-state index contributed by atoms with van der Waals surface area (Å²) >= 11 is 1.78. The van der Waals surface area contributed by atoms with Crippen LogP contribution < -0.4 is 10.6 Å². The molecule has 0 spiro atoms. The molecule has 4 heterocycles. The quantitative estimate of drug-likeness (QED) is 0.746. The maximum absolute atomic E-state index is 6.14. The highest BCUT2D eigenvalue weighted by Gasteiger charge is 2.18. The fraction of sp³-hybridized carbons (Fsp3) is 0.450. The van der Waals surface area contributed by atoms with Crippen LogP contribution >= 0.6 is 11.3 Å². The number of nitrogens with zero attached hydrogens (tertiary/aromatic N) is 5. The third-order valence-corrected chi connectivity index (χ3v) is 5.41. The lowest BCUT2D eigenvalue weighted by Gasteiger charge is -2.32. The fourth-order valence-electron chi connectivity index (χ4n) is 2.99. The Kier molecular flexibility index (Phi) is 6.58. The lowest BCUT2D eigenvalue weighted by Crippen LogP contribution is -2.45. The number of hydrogen-bond acceptors (Lipinski definition) is 7. The molecule has 1 fully saturated rings. The summed E-state index contributed by atoms with van der Waals surface area (Å²) in [5, 5.41) is 2.99. The second kappa shape index (κ2) is 9.10. The molecule has 2 N–H and O–H groups in total. The van der Waals surface area contributed by atoms with Crippen LogP contribution in [0.1, 0.15) is 23.9 Å². The van der Waals surface area contributed by atoms with E-state index in [-0.39, 0.29) is 0 Å². The monoisotopic (exact) mass is 384 g/mol. The number of rotatable bonds is 3. The third-order valence-electron chi connectivity index (χ3n) is 4.61. The predicted octanol–water partition coefficient (Wildman–Crippen LogP) is 3.37. The topological polar surface area (TPSA) is 71.2 Å². The van der Waals surface area contributed by atoms with Crippen LogP contribution in [0.3, 0.4) is 0 Å². The SMILES string of the molecule is CCCc1cc2c(N)nc(N3CCN(C)CC3)nc2cn1.Cc1cccs1. The minimum Gasteiger partial charge on any atom is -0.383 e. The van der Waals surface area contributed by atoms with E-state index in [4.69, 9.17) is 5.73 Å². The van der Waals surface area contributed by atoms with Crippen LogP contribution in [0.2, 0.25) is 0 Å². The largest absolute Gasteiger partial charge is 0.383 e. The van der Waals surface area contributed by atoms with Crippen molar-refractivity contribution in [3.63, 3.8) is 0 Å². The number of pyridine rings is 1. The Hall–Kier alpha value is -2.25. The van der Waals surface area contributed by atoms with Crippen LogP contribution in [0, 0.1) is 6.92 Å². The van der Waals surface area contributed by atoms with Gasteiger partial charge < -0.3 is 15.5 Å². The molecule has 0 amide bonds. The maximum atomic E-state index is 6.14. The summed E-state index contributed by atoms with van der Waals surface area (Å²) in [4.78, 5) is 19.5. The highest BCUT2D eigenvalue weighted by Crippen LogP contribution is 2.22. The summed E-state index contributed by atoms with van der Waals surface area (Å²) in [5.41, 5.74) is 8.02. The summed E-state index contributed by atoms with van der Waals surface area (Å²) in [6.45, 7) is 8.16. The smallest absolute Gasteiger partial charge is 0.228 e. The Labute approximate surface area is 165 Å². The van der Waals surface area contributed by atoms with Crippen molar-refractivity contribution in [3.05, 3.63) is 40.3 Å². The normalized spacial score (nSPS) is 14.9. The Balaban J connectivity index is 0.000000299. The molecule has 144 valence electrons. The van der Waals surface area contributed by atoms with E-state index in [9.17, 15) is 0 Å². The van der Waals surface area contributed by atoms with Crippen LogP contribution in [-0.4, -0.2) is 53.1 Å². The highest BCUT2D eigenvalue weighted by molar-refractivity contribution is 7.09. The molecule has 6 nitrogen and oxygen atoms in total. The van der Waals surface area contributed by atoms with E-state index in [2.05, 4.69) is 63.2 Å². The van der Waals surface area contributed by atoms with Crippen molar-refractivity contribution in [2.24, 2.45) is 0 Å². The summed E-state index contributed by atoms with van der Waals surface area (Å²) in [5.74, 6) is 1.27. The molecule has 3 aromatic rings. The number of anilines is 2. The van der Waals surface area contributed by atoms with Gasteiger partial charge in [0.25, 0.3) is 0 Å². The van der Waals surface area contributed by atoms with E-state index < -0.39 is 0 Å². The first kappa shape index (κ1) is 19.5. The van der Waals surface area contributed by atoms with Crippen molar-refractivity contribution in [3.8, 4) is 0 Å². The molecule has 0 aliphatic carbocycles. The number of fused-ring (bicyclic) bond motifs is 1. The fourth-order valence-corrected chi connectivity index (χ4v) is 3.52. The Morgan fingerprint density at radius 3 is 2.56 bits per heavy atom. The standard InChI is InChI=1S/C15H22N6.C5H6S/c1-3-4-11-9-12-13(10-17-11)18-15(19-14(12)16)21-7-5-20(2)6-8-21;1-5-3-2-4-6-5/h9-10H,3-8H2,1-2H3,(H2,16,18,19);2-4H,1H3. The first-order valence-electron chi connectivity index (χ1n) is 9.42. The van der Waals surface area contributed by atoms with Gasteiger partial charge >= 0.3 is 0 Å². The number of aryl methyl sites for hydroxylation is 2. The minimum absolute atomic E-state index is 0.550. The zero-order valence-corrected chi connectivity index (χ0v) is 17.2. The number of aromatic nitrogens is 3. The second-order valence-corrected chi connectivity index (χ2v) is 8.02. The van der Waals surface area contributed by atoms with Crippen molar-refractivity contribution in [2.45, 2.75) is 26.7 Å². The van der Waals surface area contributed by atoms with Crippen molar-refractivity contribution in [1.82, 2.24) is 19.9 Å². The zero-order valence-electron chi connectivity index (χ0n) is 16.4. The van der Waals surface area contributed by atoms with E-state index in [0.29, 0.717) is 5.82 Å². The van der Waals surface area contributed by atoms with Crippen LogP contribution in [-0.2, 0) is 6.42 Å². The molecule has 0 unspecified atom stereocenters. The molecule has 7 heteroatoms. The van der Waals surface area contributed by atoms with E-state index in [1.165, 1.54) is 4.88 Å². The van der Waals surface area contributed by atoms with Gasteiger partial charge in [-0.25, -0.2) is 4.98 Å². The van der Waals surface area contributed by atoms with Gasteiger partial charge in [0.1, 0.15) is 5.82 Å². The Bertz CT molecular complexity index is 856. The minimum atomic E-state index is 0.550. The third kappa shape index (κ3) is 5.14. The number of thiophene rings is 1. The molecule has 4 rings (SSSR count). The number of nitrogen functional groups attached to an aromatic ring is 1. The first-order valence-corrected chi connectivity index (χ1v) is 10.3. The molecule has 27 heavy (non-hydrogen) atoms. The van der Waals surface area contributed by atoms with Gasteiger partial charge in [-0.1, -0.05) is 19.4 Å². The van der Waals surface area contributed by atoms with Crippen LogP contribution in [0.15, 0.2) is 29.8 Å². The van der Waals surface area contributed by atoms with Crippen LogP contribution in [0.5, 0.6) is 0 Å². The molecule has 0 radical (unpaired) electrons. The lowest BCUT2D eigenvalue weighted by atomic mass is 10.2. The Morgan fingerprint density at radius 2 is 1.96 bits per heavy atom. The molecule has 1 saturated heterocycles. The summed E-state index contributed by atoms with van der Waals surface area (Å²) in [7, 11) is 2.13. The number of hydrogen-bond donors (Lipinski definition) is 1. The van der Waals surface area contributed by atoms with Crippen molar-refractivity contribution < 1.29 is 0 Å². The molecular weight excluding hydrogens is 356 g/mol. The maximum Gasteiger partial charge on any atom is 0.228 e. The van der Waals surface area contributed by atoms with Gasteiger partial charge in [0.2, 0.25) is 5.95 Å². The van der Waals surface area contributed by atoms with Gasteiger partial charge in [-0.2, -0.15) is 4.98 Å². The summed E-state index contributed by atoms with van der Waals surface area (Å²) in [6.07, 6.45) is 3.84. The summed E-state index contributed by atoms with van der Waals surface area (Å²) in [6, 6.07) is 6.17. The average molecular weight is 385 g/mol. The van der Waals surface area contributed by atoms with E-state index in [0.717, 1.165) is 61.6 Å². The van der Waals surface area contributed by atoms with Crippen molar-refractivity contribution in [1.29, 1.82) is 0 Å². The van der Waals surface area contributed by atoms with Crippen LogP contribution in [0.4, 0.5) is 11.8 Å². The second-order valence-electron chi connectivity index (χ2n) is 6.87. The molecule has 0 bridgehead atoms. The molecule has 0 atom stereocenters. The van der Waals surface area contributed by atoms with Gasteiger partial charge in [0.05, 0.1) is 11.7 Å². The molecular formula is C20H28N6S. The Morgan fingerprint density at radius 1 is 1.19 bits per heavy atom. The highest BCUT2D eigenvalue weighted by atomic mass is 32.1. The van der Waals surface area contributed by atoms with Crippen molar-refractivity contribution >= 4 is 34.0 Å². The zero-order chi connectivity index (χ0) is 19.2. The van der Waals surface area contributed by atoms with E-state index >= 15 is 0 Å². The van der Waals surface area contributed by atoms with Gasteiger partial charge in [-0.3, -0.25) is 4.98 Å².